The van der Waals surface area contributed by atoms with Crippen LogP contribution in [0.25, 0.3) is 0 Å². The monoisotopic (exact) mass is 247 g/mol. The van der Waals surface area contributed by atoms with Crippen molar-refractivity contribution in [1.29, 1.82) is 0 Å². The lowest BCUT2D eigenvalue weighted by atomic mass is 10.2. The van der Waals surface area contributed by atoms with Crippen LogP contribution in [0.2, 0.25) is 19.6 Å². The number of nitrogens with one attached hydrogen (secondary N) is 1. The van der Waals surface area contributed by atoms with Crippen molar-refractivity contribution < 1.29 is 0 Å². The topological polar surface area (TPSA) is 12.0 Å². The van der Waals surface area contributed by atoms with E-state index in [4.69, 9.17) is 0 Å². The second kappa shape index (κ2) is 6.77. The third kappa shape index (κ3) is 5.33. The molecule has 0 radical (unpaired) electrons. The molecule has 1 rings (SSSR count). The molecule has 0 fully saturated rings. The van der Waals surface area contributed by atoms with Gasteiger partial charge >= 0.3 is 0 Å². The zero-order valence-corrected chi connectivity index (χ0v) is 12.4. The number of unbranched alkanes of at least 4 members (excludes halogenated alkanes) is 1. The van der Waals surface area contributed by atoms with Crippen LogP contribution in [0.5, 0.6) is 0 Å². The highest BCUT2D eigenvalue weighted by Crippen LogP contribution is 2.04. The number of rotatable bonds is 7. The Morgan fingerprint density at radius 1 is 1.18 bits per heavy atom. The molecular weight excluding hydrogens is 222 g/mol. The fourth-order valence-corrected chi connectivity index (χ4v) is 2.89. The van der Waals surface area contributed by atoms with E-state index in [-0.39, 0.29) is 0 Å². The lowest BCUT2D eigenvalue weighted by molar-refractivity contribution is 0.655. The number of hydrogen-bond donors (Lipinski definition) is 1. The summed E-state index contributed by atoms with van der Waals surface area (Å²) in [4.78, 5) is 0. The minimum Gasteiger partial charge on any atom is -0.313 e. The van der Waals surface area contributed by atoms with E-state index in [1.807, 2.05) is 6.08 Å². The molecule has 0 heterocycles. The molecule has 94 valence electrons. The van der Waals surface area contributed by atoms with E-state index in [1.54, 1.807) is 0 Å². The van der Waals surface area contributed by atoms with Gasteiger partial charge in [-0.1, -0.05) is 55.2 Å². The highest BCUT2D eigenvalue weighted by Gasteiger charge is 2.15. The summed E-state index contributed by atoms with van der Waals surface area (Å²) >= 11 is 0. The molecule has 0 spiro atoms. The fourth-order valence-electron chi connectivity index (χ4n) is 1.73. The van der Waals surface area contributed by atoms with Crippen LogP contribution < -0.4 is 10.5 Å². The molecule has 0 bridgehead atoms. The Hall–Kier alpha value is -0.863. The van der Waals surface area contributed by atoms with Crippen molar-refractivity contribution >= 4 is 13.3 Å². The van der Waals surface area contributed by atoms with Gasteiger partial charge in [-0.15, -0.1) is 6.58 Å². The lowest BCUT2D eigenvalue weighted by Crippen LogP contribution is -2.37. The van der Waals surface area contributed by atoms with E-state index in [9.17, 15) is 0 Å². The molecule has 0 aliphatic rings. The first kappa shape index (κ1) is 14.2. The molecule has 1 aromatic carbocycles. The zero-order chi connectivity index (χ0) is 12.7. The van der Waals surface area contributed by atoms with Crippen molar-refractivity contribution in [2.45, 2.75) is 39.0 Å². The first-order chi connectivity index (χ1) is 8.04. The van der Waals surface area contributed by atoms with Gasteiger partial charge in [0.25, 0.3) is 0 Å². The maximum absolute atomic E-state index is 3.73. The van der Waals surface area contributed by atoms with Crippen LogP contribution in [-0.4, -0.2) is 14.6 Å². The van der Waals surface area contributed by atoms with Crippen LogP contribution in [0.15, 0.2) is 36.9 Å². The molecule has 0 saturated carbocycles. The standard InChI is InChI=1S/C15H25NSi/c1-5-6-7-12-16-13-14-8-10-15(11-9-14)17(2,3)4/h5,8-11,16H,1,6-7,12-13H2,2-4H3. The molecule has 17 heavy (non-hydrogen) atoms. The van der Waals surface area contributed by atoms with Crippen LogP contribution >= 0.6 is 0 Å². The van der Waals surface area contributed by atoms with E-state index < -0.39 is 8.07 Å². The molecule has 0 atom stereocenters. The molecule has 1 nitrogen and oxygen atoms in total. The predicted octanol–water partition coefficient (Wildman–Crippen LogP) is 3.29. The van der Waals surface area contributed by atoms with Gasteiger partial charge < -0.3 is 5.32 Å². The summed E-state index contributed by atoms with van der Waals surface area (Å²) in [5.74, 6) is 0. The maximum atomic E-state index is 3.73. The third-order valence-corrected chi connectivity index (χ3v) is 4.98. The molecule has 1 N–H and O–H groups in total. The summed E-state index contributed by atoms with van der Waals surface area (Å²) in [7, 11) is -1.14. The van der Waals surface area contributed by atoms with Crippen LogP contribution in [0, 0.1) is 0 Å². The SMILES string of the molecule is C=CCCCNCc1ccc([Si](C)(C)C)cc1. The molecular formula is C15H25NSi. The second-order valence-electron chi connectivity index (χ2n) is 5.55. The van der Waals surface area contributed by atoms with Crippen molar-refractivity contribution in [2.75, 3.05) is 6.54 Å². The quantitative estimate of drug-likeness (QED) is 0.443. The van der Waals surface area contributed by atoms with Crippen LogP contribution in [0.4, 0.5) is 0 Å². The van der Waals surface area contributed by atoms with E-state index in [0.717, 1.165) is 19.5 Å². The number of allylic oxidation sites excluding steroid dienone is 1. The lowest BCUT2D eigenvalue weighted by Gasteiger charge is -2.16. The Balaban J connectivity index is 2.38. The van der Waals surface area contributed by atoms with Gasteiger partial charge in [-0.05, 0) is 24.9 Å². The summed E-state index contributed by atoms with van der Waals surface area (Å²) in [5, 5.41) is 4.99. The molecule has 0 aromatic heterocycles. The van der Waals surface area contributed by atoms with Crippen molar-refractivity contribution in [1.82, 2.24) is 5.32 Å². The summed E-state index contributed by atoms with van der Waals surface area (Å²) in [6.07, 6.45) is 4.25. The van der Waals surface area contributed by atoms with E-state index in [2.05, 4.69) is 55.8 Å². The normalized spacial score (nSPS) is 11.5. The summed E-state index contributed by atoms with van der Waals surface area (Å²) in [5.41, 5.74) is 1.38. The molecule has 0 unspecified atom stereocenters. The third-order valence-electron chi connectivity index (χ3n) is 2.91. The molecule has 1 aromatic rings. The zero-order valence-electron chi connectivity index (χ0n) is 11.4. The highest BCUT2D eigenvalue weighted by atomic mass is 28.3. The average Bonchev–Trinajstić information content (AvgIpc) is 2.28. The fraction of sp³-hybridized carbons (Fsp3) is 0.467. The highest BCUT2D eigenvalue weighted by molar-refractivity contribution is 6.88. The summed E-state index contributed by atoms with van der Waals surface area (Å²) in [6.45, 7) is 12.9. The van der Waals surface area contributed by atoms with Crippen LogP contribution in [-0.2, 0) is 6.54 Å². The van der Waals surface area contributed by atoms with Crippen molar-refractivity contribution in [3.8, 4) is 0 Å². The molecule has 0 saturated heterocycles. The van der Waals surface area contributed by atoms with Crippen LogP contribution in [0.1, 0.15) is 18.4 Å². The van der Waals surface area contributed by atoms with Crippen molar-refractivity contribution in [2.24, 2.45) is 0 Å². The number of benzene rings is 1. The van der Waals surface area contributed by atoms with Crippen molar-refractivity contribution in [3.05, 3.63) is 42.5 Å². The van der Waals surface area contributed by atoms with E-state index >= 15 is 0 Å². The van der Waals surface area contributed by atoms with Gasteiger partial charge in [0.15, 0.2) is 0 Å². The van der Waals surface area contributed by atoms with Gasteiger partial charge in [-0.2, -0.15) is 0 Å². The van der Waals surface area contributed by atoms with Gasteiger partial charge in [0.2, 0.25) is 0 Å². The Kier molecular flexibility index (Phi) is 5.66. The Morgan fingerprint density at radius 2 is 1.82 bits per heavy atom. The largest absolute Gasteiger partial charge is 0.313 e. The average molecular weight is 247 g/mol. The van der Waals surface area contributed by atoms with Gasteiger partial charge in [0, 0.05) is 6.54 Å². The first-order valence-corrected chi connectivity index (χ1v) is 9.95. The van der Waals surface area contributed by atoms with Crippen LogP contribution in [0.3, 0.4) is 0 Å². The first-order valence-electron chi connectivity index (χ1n) is 6.45. The van der Waals surface area contributed by atoms with E-state index in [0.29, 0.717) is 0 Å². The predicted molar refractivity (Wildman–Crippen MR) is 80.6 cm³/mol. The Bertz CT molecular complexity index is 335. The summed E-state index contributed by atoms with van der Waals surface area (Å²) < 4.78 is 0. The minimum atomic E-state index is -1.14. The van der Waals surface area contributed by atoms with E-state index in [1.165, 1.54) is 17.2 Å². The summed E-state index contributed by atoms with van der Waals surface area (Å²) in [6, 6.07) is 9.11. The molecule has 2 heteroatoms. The van der Waals surface area contributed by atoms with Gasteiger partial charge in [-0.3, -0.25) is 0 Å². The van der Waals surface area contributed by atoms with Gasteiger partial charge in [0.05, 0.1) is 8.07 Å². The Labute approximate surface area is 107 Å². The van der Waals surface area contributed by atoms with Gasteiger partial charge in [-0.25, -0.2) is 0 Å². The molecule has 0 aliphatic carbocycles. The minimum absolute atomic E-state index is 0.975. The van der Waals surface area contributed by atoms with Gasteiger partial charge in [0.1, 0.15) is 0 Å². The smallest absolute Gasteiger partial charge is 0.0775 e. The molecule has 0 aliphatic heterocycles. The second-order valence-corrected chi connectivity index (χ2v) is 10.6. The number of hydrogen-bond acceptors (Lipinski definition) is 1. The molecule has 0 amide bonds. The Morgan fingerprint density at radius 3 is 2.35 bits per heavy atom. The van der Waals surface area contributed by atoms with Crippen molar-refractivity contribution in [3.63, 3.8) is 0 Å². The maximum Gasteiger partial charge on any atom is 0.0775 e.